The van der Waals surface area contributed by atoms with E-state index in [0.717, 1.165) is 5.56 Å². The topological polar surface area (TPSA) is 105 Å². The number of anilines is 1. The van der Waals surface area contributed by atoms with Crippen LogP contribution < -0.4 is 16.0 Å². The van der Waals surface area contributed by atoms with Crippen molar-refractivity contribution in [2.24, 2.45) is 0 Å². The molecule has 1 saturated heterocycles. The van der Waals surface area contributed by atoms with Crippen molar-refractivity contribution in [2.45, 2.75) is 19.4 Å². The van der Waals surface area contributed by atoms with Crippen molar-refractivity contribution in [1.29, 1.82) is 0 Å². The van der Waals surface area contributed by atoms with Crippen LogP contribution in [0.4, 0.5) is 10.5 Å². The predicted molar refractivity (Wildman–Crippen MR) is 98.4 cm³/mol. The number of carbonyl (C=O) groups is 3. The van der Waals surface area contributed by atoms with Crippen molar-refractivity contribution in [1.82, 2.24) is 20.0 Å². The van der Waals surface area contributed by atoms with Crippen LogP contribution in [0.15, 0.2) is 48.8 Å². The average molecular weight is 363 g/mol. The maximum absolute atomic E-state index is 12.6. The summed E-state index contributed by atoms with van der Waals surface area (Å²) < 4.78 is 1.78. The van der Waals surface area contributed by atoms with Gasteiger partial charge in [0.1, 0.15) is 16.9 Å². The molecule has 0 spiro atoms. The summed E-state index contributed by atoms with van der Waals surface area (Å²) >= 11 is 0. The van der Waals surface area contributed by atoms with Gasteiger partial charge in [-0.25, -0.2) is 9.78 Å². The van der Waals surface area contributed by atoms with E-state index in [-0.39, 0.29) is 11.6 Å². The smallest absolute Gasteiger partial charge is 0.321 e. The van der Waals surface area contributed by atoms with Crippen molar-refractivity contribution in [3.63, 3.8) is 0 Å². The van der Waals surface area contributed by atoms with Crippen LogP contribution in [0.1, 0.15) is 28.5 Å². The number of imide groups is 1. The number of aryl methyl sites for hydroxylation is 1. The fourth-order valence-corrected chi connectivity index (χ4v) is 3.04. The third-order valence-electron chi connectivity index (χ3n) is 4.59. The molecule has 1 aliphatic rings. The fourth-order valence-electron chi connectivity index (χ4n) is 3.04. The maximum Gasteiger partial charge on any atom is 0.322 e. The highest BCUT2D eigenvalue weighted by Gasteiger charge is 2.43. The lowest BCUT2D eigenvalue weighted by molar-refractivity contribution is -0.123. The summed E-state index contributed by atoms with van der Waals surface area (Å²) in [7, 11) is 0. The summed E-state index contributed by atoms with van der Waals surface area (Å²) in [5, 5.41) is 7.61. The molecule has 3 N–H and O–H groups in total. The Balaban J connectivity index is 1.60. The SMILES string of the molecule is Cc1ccn2cc(C(=O)Nc3cccc(C4(C)NC(=O)NC4=O)c3)nc2c1. The highest BCUT2D eigenvalue weighted by atomic mass is 16.2. The number of imidazole rings is 1. The summed E-state index contributed by atoms with van der Waals surface area (Å²) in [5.41, 5.74) is 1.90. The molecule has 4 amide bonds. The van der Waals surface area contributed by atoms with Gasteiger partial charge in [0, 0.05) is 18.1 Å². The summed E-state index contributed by atoms with van der Waals surface area (Å²) in [4.78, 5) is 40.5. The average Bonchev–Trinajstić information content (AvgIpc) is 3.15. The zero-order valence-corrected chi connectivity index (χ0v) is 14.7. The lowest BCUT2D eigenvalue weighted by atomic mass is 9.92. The number of urea groups is 1. The van der Waals surface area contributed by atoms with Gasteiger partial charge in [-0.05, 0) is 49.2 Å². The Morgan fingerprint density at radius 3 is 2.78 bits per heavy atom. The lowest BCUT2D eigenvalue weighted by Crippen LogP contribution is -2.40. The van der Waals surface area contributed by atoms with Crippen molar-refractivity contribution in [2.75, 3.05) is 5.32 Å². The molecule has 0 bridgehead atoms. The molecule has 0 radical (unpaired) electrons. The molecule has 8 nitrogen and oxygen atoms in total. The molecule has 4 rings (SSSR count). The van der Waals surface area contributed by atoms with Gasteiger partial charge in [-0.15, -0.1) is 0 Å². The molecule has 2 aromatic heterocycles. The first-order valence-electron chi connectivity index (χ1n) is 8.36. The number of pyridine rings is 1. The Morgan fingerprint density at radius 1 is 1.22 bits per heavy atom. The molecule has 1 fully saturated rings. The van der Waals surface area contributed by atoms with Crippen molar-refractivity contribution >= 4 is 29.2 Å². The number of nitrogens with zero attached hydrogens (tertiary/aromatic N) is 2. The Hall–Kier alpha value is -3.68. The molecule has 27 heavy (non-hydrogen) atoms. The second-order valence-corrected chi connectivity index (χ2v) is 6.66. The summed E-state index contributed by atoms with van der Waals surface area (Å²) in [6, 6.07) is 10.1. The lowest BCUT2D eigenvalue weighted by Gasteiger charge is -2.21. The number of rotatable bonds is 3. The van der Waals surface area contributed by atoms with E-state index in [2.05, 4.69) is 20.9 Å². The molecule has 0 saturated carbocycles. The minimum Gasteiger partial charge on any atom is -0.321 e. The van der Waals surface area contributed by atoms with Gasteiger partial charge in [-0.2, -0.15) is 0 Å². The van der Waals surface area contributed by atoms with Crippen molar-refractivity contribution < 1.29 is 14.4 Å². The van der Waals surface area contributed by atoms with E-state index >= 15 is 0 Å². The van der Waals surface area contributed by atoms with Crippen LogP contribution in [0.3, 0.4) is 0 Å². The molecule has 1 aromatic carbocycles. The zero-order chi connectivity index (χ0) is 19.2. The molecule has 1 atom stereocenters. The first kappa shape index (κ1) is 16.8. The van der Waals surface area contributed by atoms with Gasteiger partial charge in [-0.3, -0.25) is 14.9 Å². The Morgan fingerprint density at radius 2 is 2.04 bits per heavy atom. The number of aromatic nitrogens is 2. The van der Waals surface area contributed by atoms with Gasteiger partial charge in [-0.1, -0.05) is 12.1 Å². The first-order valence-corrected chi connectivity index (χ1v) is 8.36. The highest BCUT2D eigenvalue weighted by molar-refractivity contribution is 6.07. The minimum atomic E-state index is -1.18. The van der Waals surface area contributed by atoms with Crippen LogP contribution in [0.5, 0.6) is 0 Å². The van der Waals surface area contributed by atoms with Crippen molar-refractivity contribution in [3.8, 4) is 0 Å². The molecule has 3 aromatic rings. The van der Waals surface area contributed by atoms with Crippen LogP contribution >= 0.6 is 0 Å². The quantitative estimate of drug-likeness (QED) is 0.619. The molecule has 136 valence electrons. The fraction of sp³-hybridized carbons (Fsp3) is 0.158. The van der Waals surface area contributed by atoms with Crippen LogP contribution in [0.2, 0.25) is 0 Å². The monoisotopic (exact) mass is 363 g/mol. The molecule has 3 heterocycles. The number of nitrogens with one attached hydrogen (secondary N) is 3. The van der Waals surface area contributed by atoms with Crippen molar-refractivity contribution in [3.05, 3.63) is 65.6 Å². The van der Waals surface area contributed by atoms with E-state index in [9.17, 15) is 14.4 Å². The van der Waals surface area contributed by atoms with Gasteiger partial charge in [0.25, 0.3) is 11.8 Å². The van der Waals surface area contributed by atoms with Gasteiger partial charge in [0.15, 0.2) is 0 Å². The molecular weight excluding hydrogens is 346 g/mol. The number of hydrogen-bond acceptors (Lipinski definition) is 4. The van der Waals surface area contributed by atoms with E-state index in [1.807, 2.05) is 25.3 Å². The zero-order valence-electron chi connectivity index (χ0n) is 14.7. The normalized spacial score (nSPS) is 19.0. The third kappa shape index (κ3) is 2.91. The summed E-state index contributed by atoms with van der Waals surface area (Å²) in [6.45, 7) is 3.57. The highest BCUT2D eigenvalue weighted by Crippen LogP contribution is 2.26. The van der Waals surface area contributed by atoms with E-state index in [0.29, 0.717) is 16.9 Å². The summed E-state index contributed by atoms with van der Waals surface area (Å²) in [6.07, 6.45) is 3.50. The largest absolute Gasteiger partial charge is 0.322 e. The minimum absolute atomic E-state index is 0.282. The number of amides is 4. The number of fused-ring (bicyclic) bond motifs is 1. The molecule has 1 unspecified atom stereocenters. The van der Waals surface area contributed by atoms with E-state index in [1.165, 1.54) is 0 Å². The molecule has 1 aliphatic heterocycles. The van der Waals surface area contributed by atoms with Gasteiger partial charge >= 0.3 is 6.03 Å². The second-order valence-electron chi connectivity index (χ2n) is 6.66. The predicted octanol–water partition coefficient (Wildman–Crippen LogP) is 1.95. The van der Waals surface area contributed by atoms with Crippen LogP contribution in [0.25, 0.3) is 5.65 Å². The maximum atomic E-state index is 12.6. The van der Waals surface area contributed by atoms with E-state index in [4.69, 9.17) is 0 Å². The second kappa shape index (κ2) is 5.94. The standard InChI is InChI=1S/C19H17N5O3/c1-11-6-7-24-10-14(21-15(24)8-11)16(25)20-13-5-3-4-12(9-13)19(2)17(26)22-18(27)23-19/h3-10H,1-2H3,(H,20,25)(H2,22,23,26,27). The van der Waals surface area contributed by atoms with Gasteiger partial charge < -0.3 is 15.0 Å². The first-order chi connectivity index (χ1) is 12.8. The van der Waals surface area contributed by atoms with Gasteiger partial charge in [0.2, 0.25) is 0 Å². The Labute approximate surface area is 154 Å². The Kier molecular flexibility index (Phi) is 3.69. The van der Waals surface area contributed by atoms with Crippen LogP contribution in [0, 0.1) is 6.92 Å². The molecule has 0 aliphatic carbocycles. The van der Waals surface area contributed by atoms with Crippen LogP contribution in [-0.2, 0) is 10.3 Å². The van der Waals surface area contributed by atoms with Crippen LogP contribution in [-0.4, -0.2) is 27.2 Å². The van der Waals surface area contributed by atoms with E-state index < -0.39 is 17.5 Å². The number of hydrogen-bond donors (Lipinski definition) is 3. The molecular formula is C19H17N5O3. The molecule has 8 heteroatoms. The summed E-state index contributed by atoms with van der Waals surface area (Å²) in [5.74, 6) is -0.801. The van der Waals surface area contributed by atoms with E-state index in [1.54, 1.807) is 41.8 Å². The van der Waals surface area contributed by atoms with Gasteiger partial charge in [0.05, 0.1) is 0 Å². The number of benzene rings is 1. The number of carbonyl (C=O) groups excluding carboxylic acids is 3. The third-order valence-corrected chi connectivity index (χ3v) is 4.59. The Bertz CT molecular complexity index is 1100.